The van der Waals surface area contributed by atoms with E-state index in [4.69, 9.17) is 15.4 Å². The Balaban J connectivity index is 2.28. The summed E-state index contributed by atoms with van der Waals surface area (Å²) < 4.78 is 5.48. The quantitative estimate of drug-likeness (QED) is 0.380. The average Bonchev–Trinajstić information content (AvgIpc) is 2.87. The lowest BCUT2D eigenvalue weighted by Crippen LogP contribution is -2.43. The van der Waals surface area contributed by atoms with Crippen LogP contribution in [0.25, 0.3) is 11.0 Å². The first-order chi connectivity index (χ1) is 9.04. The van der Waals surface area contributed by atoms with Crippen LogP contribution in [0.2, 0.25) is 0 Å². The van der Waals surface area contributed by atoms with Crippen LogP contribution in [0, 0.1) is 0 Å². The number of carbonyl (C=O) groups is 1. The van der Waals surface area contributed by atoms with Gasteiger partial charge in [0.25, 0.3) is 5.91 Å². The van der Waals surface area contributed by atoms with E-state index in [2.05, 4.69) is 5.16 Å². The summed E-state index contributed by atoms with van der Waals surface area (Å²) in [4.78, 5) is 13.6. The number of nitrogens with two attached hydrogens (primary N) is 1. The summed E-state index contributed by atoms with van der Waals surface area (Å²) in [6.45, 7) is 1.66. The maximum absolute atomic E-state index is 12.2. The zero-order chi connectivity index (χ0) is 14.0. The predicted octanol–water partition coefficient (Wildman–Crippen LogP) is 1.64. The molecule has 2 rings (SSSR count). The Morgan fingerprint density at radius 3 is 2.79 bits per heavy atom. The molecule has 1 atom stereocenters. The Kier molecular flexibility index (Phi) is 3.41. The molecule has 0 aliphatic rings. The van der Waals surface area contributed by atoms with Gasteiger partial charge in [0.1, 0.15) is 5.58 Å². The molecule has 0 aliphatic carbocycles. The zero-order valence-corrected chi connectivity index (χ0v) is 10.7. The van der Waals surface area contributed by atoms with E-state index in [1.54, 1.807) is 26.1 Å². The summed E-state index contributed by atoms with van der Waals surface area (Å²) in [6.07, 6.45) is 0. The second-order valence-corrected chi connectivity index (χ2v) is 4.27. The third-order valence-corrected chi connectivity index (χ3v) is 3.08. The van der Waals surface area contributed by atoms with Crippen LogP contribution < -0.4 is 5.73 Å². The van der Waals surface area contributed by atoms with Gasteiger partial charge in [0, 0.05) is 12.4 Å². The number of rotatable bonds is 3. The molecule has 0 saturated carbocycles. The topological polar surface area (TPSA) is 92.1 Å². The summed E-state index contributed by atoms with van der Waals surface area (Å²) in [5, 5.41) is 12.4. The fourth-order valence-electron chi connectivity index (χ4n) is 1.72. The third kappa shape index (κ3) is 2.37. The van der Waals surface area contributed by atoms with Crippen LogP contribution in [0.1, 0.15) is 17.5 Å². The molecule has 100 valence electrons. The molecule has 0 radical (unpaired) electrons. The van der Waals surface area contributed by atoms with Crippen molar-refractivity contribution >= 4 is 22.7 Å². The third-order valence-electron chi connectivity index (χ3n) is 3.08. The van der Waals surface area contributed by atoms with Crippen LogP contribution in [0.4, 0.5) is 0 Å². The van der Waals surface area contributed by atoms with Crippen molar-refractivity contribution in [2.75, 3.05) is 7.05 Å². The largest absolute Gasteiger partial charge is 0.451 e. The van der Waals surface area contributed by atoms with E-state index in [1.165, 1.54) is 4.90 Å². The van der Waals surface area contributed by atoms with Crippen LogP contribution in [0.5, 0.6) is 0 Å². The number of para-hydroxylation sites is 1. The van der Waals surface area contributed by atoms with Gasteiger partial charge >= 0.3 is 0 Å². The van der Waals surface area contributed by atoms with Gasteiger partial charge in [-0.15, -0.1) is 0 Å². The summed E-state index contributed by atoms with van der Waals surface area (Å²) in [5.74, 6) is -0.136. The lowest BCUT2D eigenvalue weighted by molar-refractivity contribution is 0.0747. The molecule has 0 fully saturated rings. The van der Waals surface area contributed by atoms with Crippen molar-refractivity contribution in [3.05, 3.63) is 36.1 Å². The predicted molar refractivity (Wildman–Crippen MR) is 71.2 cm³/mol. The fraction of sp³-hybridized carbons (Fsp3) is 0.231. The normalized spacial score (nSPS) is 13.5. The molecule has 19 heavy (non-hydrogen) atoms. The Bertz CT molecular complexity index is 600. The molecule has 2 aromatic rings. The monoisotopic (exact) mass is 261 g/mol. The van der Waals surface area contributed by atoms with E-state index in [1.807, 2.05) is 18.2 Å². The van der Waals surface area contributed by atoms with Crippen molar-refractivity contribution in [1.82, 2.24) is 4.90 Å². The van der Waals surface area contributed by atoms with Gasteiger partial charge in [-0.05, 0) is 19.1 Å². The van der Waals surface area contributed by atoms with E-state index in [0.29, 0.717) is 5.58 Å². The molecule has 0 spiro atoms. The van der Waals surface area contributed by atoms with Crippen molar-refractivity contribution in [2.24, 2.45) is 10.9 Å². The number of furan rings is 1. The second-order valence-electron chi connectivity index (χ2n) is 4.27. The Morgan fingerprint density at radius 1 is 1.47 bits per heavy atom. The van der Waals surface area contributed by atoms with Crippen molar-refractivity contribution in [2.45, 2.75) is 13.0 Å². The molecular weight excluding hydrogens is 246 g/mol. The number of hydrogen-bond acceptors (Lipinski definition) is 4. The molecule has 3 N–H and O–H groups in total. The number of oxime groups is 1. The second kappa shape index (κ2) is 5.01. The highest BCUT2D eigenvalue weighted by Crippen LogP contribution is 2.20. The number of likely N-dealkylation sites (N-methyl/N-ethyl adjacent to an activating group) is 1. The SMILES string of the molecule is CC(C(N)=NO)N(C)C(=O)c1cc2ccccc2o1. The number of amidine groups is 1. The molecule has 0 bridgehead atoms. The van der Waals surface area contributed by atoms with Crippen LogP contribution in [0.15, 0.2) is 39.9 Å². The van der Waals surface area contributed by atoms with Gasteiger partial charge in [-0.3, -0.25) is 4.79 Å². The first-order valence-electron chi connectivity index (χ1n) is 5.77. The van der Waals surface area contributed by atoms with E-state index >= 15 is 0 Å². The summed E-state index contributed by atoms with van der Waals surface area (Å²) >= 11 is 0. The maximum atomic E-state index is 12.2. The number of fused-ring (bicyclic) bond motifs is 1. The molecule has 1 aromatic carbocycles. The molecule has 0 saturated heterocycles. The number of amides is 1. The van der Waals surface area contributed by atoms with Crippen LogP contribution >= 0.6 is 0 Å². The highest BCUT2D eigenvalue weighted by Gasteiger charge is 2.23. The molecule has 0 aliphatic heterocycles. The minimum atomic E-state index is -0.522. The minimum absolute atomic E-state index is 0.0352. The van der Waals surface area contributed by atoms with Gasteiger partial charge in [0.05, 0.1) is 6.04 Å². The van der Waals surface area contributed by atoms with Gasteiger partial charge < -0.3 is 20.3 Å². The van der Waals surface area contributed by atoms with Crippen molar-refractivity contribution in [3.8, 4) is 0 Å². The van der Waals surface area contributed by atoms with Gasteiger partial charge in [0.2, 0.25) is 0 Å². The summed E-state index contributed by atoms with van der Waals surface area (Å²) in [5.41, 5.74) is 6.13. The molecule has 1 aromatic heterocycles. The van der Waals surface area contributed by atoms with Gasteiger partial charge in [-0.25, -0.2) is 0 Å². The molecule has 1 unspecified atom stereocenters. The maximum Gasteiger partial charge on any atom is 0.289 e. The number of nitrogens with zero attached hydrogens (tertiary/aromatic N) is 2. The van der Waals surface area contributed by atoms with Crippen LogP contribution in [-0.4, -0.2) is 34.9 Å². The van der Waals surface area contributed by atoms with Gasteiger partial charge in [-0.2, -0.15) is 0 Å². The van der Waals surface area contributed by atoms with Crippen molar-refractivity contribution < 1.29 is 14.4 Å². The average molecular weight is 261 g/mol. The smallest absolute Gasteiger partial charge is 0.289 e. The van der Waals surface area contributed by atoms with Crippen LogP contribution in [-0.2, 0) is 0 Å². The molecular formula is C13H15N3O3. The number of benzene rings is 1. The van der Waals surface area contributed by atoms with E-state index in [9.17, 15) is 4.79 Å². The zero-order valence-electron chi connectivity index (χ0n) is 10.7. The standard InChI is InChI=1S/C13H15N3O3/c1-8(12(14)15-18)16(2)13(17)11-7-9-5-3-4-6-10(9)19-11/h3-8,18H,1-2H3,(H2,14,15). The minimum Gasteiger partial charge on any atom is -0.451 e. The lowest BCUT2D eigenvalue weighted by atomic mass is 10.2. The van der Waals surface area contributed by atoms with Gasteiger partial charge in [0.15, 0.2) is 11.6 Å². The van der Waals surface area contributed by atoms with E-state index in [-0.39, 0.29) is 17.5 Å². The Labute approximate surface area is 110 Å². The van der Waals surface area contributed by atoms with Crippen molar-refractivity contribution in [1.29, 1.82) is 0 Å². The summed E-state index contributed by atoms with van der Waals surface area (Å²) in [6, 6.07) is 8.51. The number of hydrogen-bond donors (Lipinski definition) is 2. The van der Waals surface area contributed by atoms with Gasteiger partial charge in [-0.1, -0.05) is 23.4 Å². The number of carbonyl (C=O) groups excluding carboxylic acids is 1. The van der Waals surface area contributed by atoms with E-state index in [0.717, 1.165) is 5.39 Å². The van der Waals surface area contributed by atoms with Crippen molar-refractivity contribution in [3.63, 3.8) is 0 Å². The first-order valence-corrected chi connectivity index (χ1v) is 5.77. The molecule has 1 amide bonds. The highest BCUT2D eigenvalue weighted by molar-refractivity contribution is 5.98. The van der Waals surface area contributed by atoms with Crippen LogP contribution in [0.3, 0.4) is 0 Å². The Morgan fingerprint density at radius 2 is 2.16 bits per heavy atom. The first kappa shape index (κ1) is 12.9. The molecule has 6 heteroatoms. The highest BCUT2D eigenvalue weighted by atomic mass is 16.4. The summed E-state index contributed by atoms with van der Waals surface area (Å²) in [7, 11) is 1.57. The lowest BCUT2D eigenvalue weighted by Gasteiger charge is -2.22. The fourth-order valence-corrected chi connectivity index (χ4v) is 1.72. The molecule has 6 nitrogen and oxygen atoms in total. The Hall–Kier alpha value is -2.50. The molecule has 1 heterocycles. The van der Waals surface area contributed by atoms with E-state index < -0.39 is 6.04 Å².